The maximum atomic E-state index is 13.1. The van der Waals surface area contributed by atoms with Crippen LogP contribution in [0.4, 0.5) is 0 Å². The molecule has 1 aliphatic rings. The SMILES string of the molecule is CCOC(=O)c1cc2c(n1Cc1ccc(C)c(C)c1)-c1[nH]c(=O)c(-c3ccccc3)cc1CC2. The molecule has 5 heteroatoms. The van der Waals surface area contributed by atoms with Gasteiger partial charge in [0.15, 0.2) is 0 Å². The third-order valence-electron chi connectivity index (χ3n) is 6.68. The molecule has 34 heavy (non-hydrogen) atoms. The Labute approximate surface area is 199 Å². The van der Waals surface area contributed by atoms with Crippen molar-refractivity contribution in [2.75, 3.05) is 6.61 Å². The largest absolute Gasteiger partial charge is 0.461 e. The number of pyridine rings is 1. The van der Waals surface area contributed by atoms with Gasteiger partial charge in [0, 0.05) is 12.1 Å². The average Bonchev–Trinajstić information content (AvgIpc) is 3.20. The number of carbonyl (C=O) groups excluding carboxylic acids is 1. The first-order valence-corrected chi connectivity index (χ1v) is 11.7. The molecular weight excluding hydrogens is 424 g/mol. The topological polar surface area (TPSA) is 64.1 Å². The van der Waals surface area contributed by atoms with Gasteiger partial charge < -0.3 is 14.3 Å². The normalized spacial score (nSPS) is 12.2. The van der Waals surface area contributed by atoms with Crippen molar-refractivity contribution in [2.24, 2.45) is 0 Å². The van der Waals surface area contributed by atoms with E-state index in [-0.39, 0.29) is 11.5 Å². The highest BCUT2D eigenvalue weighted by atomic mass is 16.5. The van der Waals surface area contributed by atoms with Crippen molar-refractivity contribution in [1.82, 2.24) is 9.55 Å². The van der Waals surface area contributed by atoms with E-state index >= 15 is 0 Å². The molecule has 0 aliphatic heterocycles. The molecule has 172 valence electrons. The van der Waals surface area contributed by atoms with Crippen LogP contribution in [-0.4, -0.2) is 22.1 Å². The number of aromatic amines is 1. The number of rotatable bonds is 5. The number of esters is 1. The lowest BCUT2D eigenvalue weighted by molar-refractivity contribution is 0.0514. The second-order valence-electron chi connectivity index (χ2n) is 8.91. The highest BCUT2D eigenvalue weighted by Crippen LogP contribution is 2.36. The van der Waals surface area contributed by atoms with Crippen LogP contribution in [0.2, 0.25) is 0 Å². The van der Waals surface area contributed by atoms with Crippen molar-refractivity contribution in [3.63, 3.8) is 0 Å². The molecule has 0 amide bonds. The standard InChI is InChI=1S/C29H28N2O3/c1-4-34-29(33)25-16-23-13-12-22-15-24(21-8-6-5-7-9-21)28(32)30-26(22)27(23)31(25)17-20-11-10-18(2)19(3)14-20/h5-11,14-16H,4,12-13,17H2,1-3H3,(H,30,32). The first-order chi connectivity index (χ1) is 16.5. The van der Waals surface area contributed by atoms with Crippen LogP contribution in [-0.2, 0) is 24.1 Å². The van der Waals surface area contributed by atoms with Gasteiger partial charge in [-0.2, -0.15) is 0 Å². The summed E-state index contributed by atoms with van der Waals surface area (Å²) in [6.07, 6.45) is 1.60. The minimum Gasteiger partial charge on any atom is -0.461 e. The summed E-state index contributed by atoms with van der Waals surface area (Å²) >= 11 is 0. The predicted octanol–water partition coefficient (Wildman–Crippen LogP) is 5.45. The first kappa shape index (κ1) is 22.0. The maximum absolute atomic E-state index is 13.1. The molecule has 0 bridgehead atoms. The van der Waals surface area contributed by atoms with Crippen LogP contribution in [0.5, 0.6) is 0 Å². The Kier molecular flexibility index (Phi) is 5.70. The fourth-order valence-electron chi connectivity index (χ4n) is 4.80. The van der Waals surface area contributed by atoms with Gasteiger partial charge in [-0.05, 0) is 79.1 Å². The minimum absolute atomic E-state index is 0.130. The number of aromatic nitrogens is 2. The van der Waals surface area contributed by atoms with E-state index in [1.807, 2.05) is 54.0 Å². The Balaban J connectivity index is 1.67. The molecule has 4 aromatic rings. The van der Waals surface area contributed by atoms with Gasteiger partial charge in [0.1, 0.15) is 5.69 Å². The number of benzene rings is 2. The molecule has 5 rings (SSSR count). The number of nitrogens with one attached hydrogen (secondary N) is 1. The zero-order valence-corrected chi connectivity index (χ0v) is 19.8. The summed E-state index contributed by atoms with van der Waals surface area (Å²) in [5, 5.41) is 0. The Bertz CT molecular complexity index is 1440. The molecule has 0 fully saturated rings. The van der Waals surface area contributed by atoms with Crippen LogP contribution in [0, 0.1) is 13.8 Å². The van der Waals surface area contributed by atoms with E-state index in [2.05, 4.69) is 37.0 Å². The van der Waals surface area contributed by atoms with Gasteiger partial charge in [0.05, 0.1) is 18.0 Å². The van der Waals surface area contributed by atoms with Gasteiger partial charge in [-0.1, -0.05) is 48.5 Å². The molecule has 0 saturated heterocycles. The molecule has 0 spiro atoms. The lowest BCUT2D eigenvalue weighted by Crippen LogP contribution is -2.19. The van der Waals surface area contributed by atoms with Gasteiger partial charge in [-0.25, -0.2) is 4.79 Å². The number of aryl methyl sites for hydroxylation is 4. The highest BCUT2D eigenvalue weighted by Gasteiger charge is 2.28. The van der Waals surface area contributed by atoms with Gasteiger partial charge in [-0.15, -0.1) is 0 Å². The van der Waals surface area contributed by atoms with E-state index in [0.717, 1.165) is 46.5 Å². The van der Waals surface area contributed by atoms with Crippen molar-refractivity contribution in [3.8, 4) is 22.5 Å². The molecule has 2 aromatic heterocycles. The molecule has 2 aromatic carbocycles. The Morgan fingerprint density at radius 2 is 1.74 bits per heavy atom. The summed E-state index contributed by atoms with van der Waals surface area (Å²) < 4.78 is 7.39. The molecule has 5 nitrogen and oxygen atoms in total. The van der Waals surface area contributed by atoms with Crippen molar-refractivity contribution in [1.29, 1.82) is 0 Å². The summed E-state index contributed by atoms with van der Waals surface area (Å²) in [6.45, 7) is 6.82. The third-order valence-corrected chi connectivity index (χ3v) is 6.68. The fourth-order valence-corrected chi connectivity index (χ4v) is 4.80. The van der Waals surface area contributed by atoms with Crippen LogP contribution in [0.15, 0.2) is 65.5 Å². The first-order valence-electron chi connectivity index (χ1n) is 11.7. The quantitative estimate of drug-likeness (QED) is 0.410. The highest BCUT2D eigenvalue weighted by molar-refractivity contribution is 5.90. The van der Waals surface area contributed by atoms with Crippen molar-refractivity contribution in [2.45, 2.75) is 40.2 Å². The van der Waals surface area contributed by atoms with Crippen molar-refractivity contribution < 1.29 is 9.53 Å². The predicted molar refractivity (Wildman–Crippen MR) is 134 cm³/mol. The Morgan fingerprint density at radius 1 is 0.971 bits per heavy atom. The van der Waals surface area contributed by atoms with E-state index in [1.165, 1.54) is 11.1 Å². The summed E-state index contributed by atoms with van der Waals surface area (Å²) in [4.78, 5) is 29.2. The summed E-state index contributed by atoms with van der Waals surface area (Å²) in [6, 6.07) is 20.0. The lowest BCUT2D eigenvalue weighted by Gasteiger charge is -2.21. The number of ether oxygens (including phenoxy) is 1. The molecule has 1 aliphatic carbocycles. The van der Waals surface area contributed by atoms with Crippen LogP contribution in [0.25, 0.3) is 22.5 Å². The van der Waals surface area contributed by atoms with Crippen LogP contribution >= 0.6 is 0 Å². The third kappa shape index (κ3) is 3.87. The molecule has 0 unspecified atom stereocenters. The van der Waals surface area contributed by atoms with Gasteiger partial charge >= 0.3 is 5.97 Å². The minimum atomic E-state index is -0.342. The second kappa shape index (κ2) is 8.82. The maximum Gasteiger partial charge on any atom is 0.354 e. The summed E-state index contributed by atoms with van der Waals surface area (Å²) in [5.41, 5.74) is 9.33. The molecule has 1 N–H and O–H groups in total. The lowest BCUT2D eigenvalue weighted by atomic mass is 9.92. The van der Waals surface area contributed by atoms with Gasteiger partial charge in [0.25, 0.3) is 5.56 Å². The molecule has 0 saturated carbocycles. The van der Waals surface area contributed by atoms with Gasteiger partial charge in [-0.3, -0.25) is 4.79 Å². The van der Waals surface area contributed by atoms with E-state index in [0.29, 0.717) is 24.4 Å². The average molecular weight is 453 g/mol. The van der Waals surface area contributed by atoms with E-state index < -0.39 is 0 Å². The van der Waals surface area contributed by atoms with E-state index in [9.17, 15) is 9.59 Å². The van der Waals surface area contributed by atoms with Crippen LogP contribution in [0.3, 0.4) is 0 Å². The number of carbonyl (C=O) groups is 1. The molecular formula is C29H28N2O3. The Morgan fingerprint density at radius 3 is 2.47 bits per heavy atom. The van der Waals surface area contributed by atoms with Gasteiger partial charge in [0.2, 0.25) is 0 Å². The monoisotopic (exact) mass is 452 g/mol. The second-order valence-corrected chi connectivity index (χ2v) is 8.91. The molecule has 2 heterocycles. The number of hydrogen-bond acceptors (Lipinski definition) is 3. The summed E-state index contributed by atoms with van der Waals surface area (Å²) in [5.74, 6) is -0.342. The van der Waals surface area contributed by atoms with Crippen molar-refractivity contribution >= 4 is 5.97 Å². The number of fused-ring (bicyclic) bond motifs is 3. The van der Waals surface area contributed by atoms with Crippen molar-refractivity contribution in [3.05, 3.63) is 105 Å². The zero-order valence-electron chi connectivity index (χ0n) is 19.8. The molecule has 0 atom stereocenters. The smallest absolute Gasteiger partial charge is 0.354 e. The number of H-pyrrole nitrogens is 1. The number of hydrogen-bond donors (Lipinski definition) is 1. The van der Waals surface area contributed by atoms with E-state index in [1.54, 1.807) is 0 Å². The summed E-state index contributed by atoms with van der Waals surface area (Å²) in [7, 11) is 0. The Hall–Kier alpha value is -3.86. The molecule has 0 radical (unpaired) electrons. The van der Waals surface area contributed by atoms with Crippen LogP contribution in [0.1, 0.15) is 45.2 Å². The fraction of sp³-hybridized carbons (Fsp3) is 0.241. The van der Waals surface area contributed by atoms with E-state index in [4.69, 9.17) is 4.74 Å². The zero-order chi connectivity index (χ0) is 23.8. The number of nitrogens with zero attached hydrogens (tertiary/aromatic N) is 1. The van der Waals surface area contributed by atoms with Crippen LogP contribution < -0.4 is 5.56 Å².